The monoisotopic (exact) mass is 505 g/mol. The number of rotatable bonds is 6. The number of halogens is 2. The van der Waals surface area contributed by atoms with Crippen LogP contribution in [0.2, 0.25) is 10.0 Å². The molecule has 180 valence electrons. The van der Waals surface area contributed by atoms with Crippen molar-refractivity contribution < 1.29 is 4.79 Å². The largest absolute Gasteiger partial charge is 0.326 e. The number of aromatic nitrogens is 1. The van der Waals surface area contributed by atoms with Gasteiger partial charge in [-0.1, -0.05) is 48.3 Å². The first kappa shape index (κ1) is 23.9. The van der Waals surface area contributed by atoms with Gasteiger partial charge in [-0.3, -0.25) is 9.69 Å². The predicted molar refractivity (Wildman–Crippen MR) is 146 cm³/mol. The lowest BCUT2D eigenvalue weighted by Crippen LogP contribution is -2.32. The molecule has 0 aliphatic carbocycles. The summed E-state index contributed by atoms with van der Waals surface area (Å²) >= 11 is 12.5. The molecule has 1 N–H and O–H groups in total. The summed E-state index contributed by atoms with van der Waals surface area (Å²) in [6.07, 6.45) is 4.93. The van der Waals surface area contributed by atoms with Gasteiger partial charge in [0.2, 0.25) is 5.91 Å². The van der Waals surface area contributed by atoms with Crippen molar-refractivity contribution in [1.29, 1.82) is 0 Å². The Morgan fingerprint density at radius 3 is 2.46 bits per heavy atom. The second-order valence-corrected chi connectivity index (χ2v) is 10.1. The van der Waals surface area contributed by atoms with Crippen LogP contribution in [0.1, 0.15) is 43.2 Å². The molecular formula is C29H29Cl2N3O. The highest BCUT2D eigenvalue weighted by atomic mass is 35.5. The number of hydrogen-bond donors (Lipinski definition) is 1. The Hall–Kier alpha value is -2.79. The zero-order chi connectivity index (χ0) is 24.4. The molecule has 0 radical (unpaired) electrons. The summed E-state index contributed by atoms with van der Waals surface area (Å²) in [5.41, 5.74) is 5.68. The third kappa shape index (κ3) is 5.40. The van der Waals surface area contributed by atoms with Crippen LogP contribution in [0.15, 0.2) is 72.9 Å². The van der Waals surface area contributed by atoms with E-state index in [1.807, 2.05) is 55.5 Å². The fraction of sp³-hybridized carbons (Fsp3) is 0.276. The van der Waals surface area contributed by atoms with Gasteiger partial charge >= 0.3 is 0 Å². The maximum absolute atomic E-state index is 11.8. The van der Waals surface area contributed by atoms with Gasteiger partial charge in [-0.05, 0) is 91.5 Å². The summed E-state index contributed by atoms with van der Waals surface area (Å²) in [6, 6.07) is 22.4. The predicted octanol–water partition coefficient (Wildman–Crippen LogP) is 7.67. The molecule has 6 heteroatoms. The molecule has 0 spiro atoms. The summed E-state index contributed by atoms with van der Waals surface area (Å²) in [5.74, 6) is 0.565. The number of nitrogens with zero attached hydrogens (tertiary/aromatic N) is 2. The lowest BCUT2D eigenvalue weighted by atomic mass is 9.89. The summed E-state index contributed by atoms with van der Waals surface area (Å²) in [7, 11) is 0. The first-order valence-electron chi connectivity index (χ1n) is 12.2. The number of hydrogen-bond acceptors (Lipinski definition) is 2. The number of carbonyl (C=O) groups excluding carboxylic acids is 1. The molecule has 35 heavy (non-hydrogen) atoms. The molecule has 0 bridgehead atoms. The number of fused-ring (bicyclic) bond motifs is 1. The van der Waals surface area contributed by atoms with Crippen LogP contribution in [0.5, 0.6) is 0 Å². The SMILES string of the molecule is CCC(=O)Nc1cccc(C2CCN(Cc3cn(-c4ccc(Cl)cc4)c4cc(Cl)ccc34)CC2)c1. The van der Waals surface area contributed by atoms with Crippen molar-refractivity contribution in [3.05, 3.63) is 94.1 Å². The zero-order valence-electron chi connectivity index (χ0n) is 19.8. The maximum atomic E-state index is 11.8. The molecule has 0 atom stereocenters. The fourth-order valence-corrected chi connectivity index (χ4v) is 5.29. The molecule has 1 aromatic heterocycles. The Morgan fingerprint density at radius 2 is 1.71 bits per heavy atom. The van der Waals surface area contributed by atoms with E-state index < -0.39 is 0 Å². The minimum atomic E-state index is 0.0519. The topological polar surface area (TPSA) is 37.3 Å². The second kappa shape index (κ2) is 10.4. The molecule has 4 aromatic rings. The van der Waals surface area contributed by atoms with Crippen molar-refractivity contribution in [2.45, 2.75) is 38.6 Å². The van der Waals surface area contributed by atoms with Gasteiger partial charge in [-0.2, -0.15) is 0 Å². The van der Waals surface area contributed by atoms with E-state index in [0.717, 1.165) is 59.4 Å². The van der Waals surface area contributed by atoms with Crippen LogP contribution < -0.4 is 5.32 Å². The number of anilines is 1. The van der Waals surface area contributed by atoms with Crippen LogP contribution in [-0.2, 0) is 11.3 Å². The zero-order valence-corrected chi connectivity index (χ0v) is 21.3. The number of amides is 1. The van der Waals surface area contributed by atoms with Crippen molar-refractivity contribution >= 4 is 45.7 Å². The van der Waals surface area contributed by atoms with Crippen LogP contribution >= 0.6 is 23.2 Å². The third-order valence-corrected chi connectivity index (χ3v) is 7.39. The normalized spacial score (nSPS) is 14.9. The van der Waals surface area contributed by atoms with E-state index >= 15 is 0 Å². The average Bonchev–Trinajstić information content (AvgIpc) is 3.22. The fourth-order valence-electron chi connectivity index (χ4n) is 5.00. The van der Waals surface area contributed by atoms with Gasteiger partial charge in [0.1, 0.15) is 0 Å². The summed E-state index contributed by atoms with van der Waals surface area (Å²) in [6.45, 7) is 4.85. The summed E-state index contributed by atoms with van der Waals surface area (Å²) < 4.78 is 2.20. The Balaban J connectivity index is 1.31. The number of carbonyl (C=O) groups is 1. The molecular weight excluding hydrogens is 477 g/mol. The summed E-state index contributed by atoms with van der Waals surface area (Å²) in [4.78, 5) is 14.3. The minimum absolute atomic E-state index is 0.0519. The van der Waals surface area contributed by atoms with Crippen molar-refractivity contribution in [2.75, 3.05) is 18.4 Å². The van der Waals surface area contributed by atoms with Crippen LogP contribution in [0.4, 0.5) is 5.69 Å². The first-order chi connectivity index (χ1) is 17.0. The van der Waals surface area contributed by atoms with Crippen molar-refractivity contribution in [1.82, 2.24) is 9.47 Å². The van der Waals surface area contributed by atoms with E-state index in [0.29, 0.717) is 12.3 Å². The minimum Gasteiger partial charge on any atom is -0.326 e. The van der Waals surface area contributed by atoms with Gasteiger partial charge in [-0.25, -0.2) is 0 Å². The highest BCUT2D eigenvalue weighted by Gasteiger charge is 2.22. The molecule has 4 nitrogen and oxygen atoms in total. The van der Waals surface area contributed by atoms with Gasteiger partial charge in [-0.15, -0.1) is 0 Å². The molecule has 0 saturated carbocycles. The van der Waals surface area contributed by atoms with Crippen molar-refractivity contribution in [3.63, 3.8) is 0 Å². The van der Waals surface area contributed by atoms with Crippen molar-refractivity contribution in [3.8, 4) is 5.69 Å². The van der Waals surface area contributed by atoms with E-state index in [-0.39, 0.29) is 5.91 Å². The number of piperidine rings is 1. The average molecular weight is 506 g/mol. The van der Waals surface area contributed by atoms with Gasteiger partial charge in [0, 0.05) is 46.0 Å². The Kier molecular flexibility index (Phi) is 7.14. The number of likely N-dealkylation sites (tertiary alicyclic amines) is 1. The van der Waals surface area contributed by atoms with Crippen LogP contribution in [0, 0.1) is 0 Å². The highest BCUT2D eigenvalue weighted by molar-refractivity contribution is 6.31. The van der Waals surface area contributed by atoms with Crippen LogP contribution in [0.25, 0.3) is 16.6 Å². The Morgan fingerprint density at radius 1 is 0.971 bits per heavy atom. The third-order valence-electron chi connectivity index (χ3n) is 6.90. The summed E-state index contributed by atoms with van der Waals surface area (Å²) in [5, 5.41) is 5.67. The van der Waals surface area contributed by atoms with E-state index in [4.69, 9.17) is 23.2 Å². The molecule has 3 aromatic carbocycles. The van der Waals surface area contributed by atoms with E-state index in [2.05, 4.69) is 39.2 Å². The molecule has 1 amide bonds. The number of nitrogens with one attached hydrogen (secondary N) is 1. The molecule has 0 unspecified atom stereocenters. The lowest BCUT2D eigenvalue weighted by Gasteiger charge is -2.32. The van der Waals surface area contributed by atoms with Gasteiger partial charge in [0.25, 0.3) is 0 Å². The first-order valence-corrected chi connectivity index (χ1v) is 12.9. The quantitative estimate of drug-likeness (QED) is 0.291. The lowest BCUT2D eigenvalue weighted by molar-refractivity contribution is -0.115. The number of benzene rings is 3. The van der Waals surface area contributed by atoms with E-state index in [1.165, 1.54) is 16.5 Å². The van der Waals surface area contributed by atoms with E-state index in [1.54, 1.807) is 0 Å². The Labute approximate surface area is 216 Å². The molecule has 5 rings (SSSR count). The molecule has 1 fully saturated rings. The van der Waals surface area contributed by atoms with E-state index in [9.17, 15) is 4.79 Å². The maximum Gasteiger partial charge on any atom is 0.224 e. The molecule has 2 heterocycles. The standard InChI is InChI=1S/C29H29Cl2N3O/c1-2-29(35)32-25-5-3-4-21(16-25)20-12-14-33(15-13-20)18-22-19-34(26-9-6-23(30)7-10-26)28-17-24(31)8-11-27(22)28/h3-11,16-17,19-20H,2,12-15,18H2,1H3,(H,32,35). The van der Waals surface area contributed by atoms with Crippen LogP contribution in [-0.4, -0.2) is 28.5 Å². The van der Waals surface area contributed by atoms with Gasteiger partial charge < -0.3 is 9.88 Å². The molecule has 1 saturated heterocycles. The molecule has 1 aliphatic rings. The highest BCUT2D eigenvalue weighted by Crippen LogP contribution is 2.33. The van der Waals surface area contributed by atoms with Crippen LogP contribution in [0.3, 0.4) is 0 Å². The smallest absolute Gasteiger partial charge is 0.224 e. The Bertz CT molecular complexity index is 1340. The second-order valence-electron chi connectivity index (χ2n) is 9.24. The van der Waals surface area contributed by atoms with Crippen molar-refractivity contribution in [2.24, 2.45) is 0 Å². The molecule has 1 aliphatic heterocycles. The van der Waals surface area contributed by atoms with Gasteiger partial charge in [0.05, 0.1) is 5.52 Å². The van der Waals surface area contributed by atoms with Gasteiger partial charge in [0.15, 0.2) is 0 Å².